The molecule has 0 saturated carbocycles. The number of carbonyl (C=O) groups is 1. The van der Waals surface area contributed by atoms with Gasteiger partial charge in [0.25, 0.3) is 5.91 Å². The number of ether oxygens (including phenoxy) is 3. The van der Waals surface area contributed by atoms with Crippen LogP contribution in [0.2, 0.25) is 10.0 Å². The molecule has 2 aromatic carbocycles. The van der Waals surface area contributed by atoms with Gasteiger partial charge in [-0.15, -0.1) is 0 Å². The molecule has 1 heterocycles. The zero-order chi connectivity index (χ0) is 24.0. The maximum atomic E-state index is 13.3. The van der Waals surface area contributed by atoms with E-state index in [0.29, 0.717) is 51.0 Å². The van der Waals surface area contributed by atoms with Crippen LogP contribution >= 0.6 is 34.5 Å². The first-order valence-corrected chi connectivity index (χ1v) is 12.1. The van der Waals surface area contributed by atoms with Crippen LogP contribution in [0.15, 0.2) is 30.3 Å². The van der Waals surface area contributed by atoms with E-state index in [1.807, 2.05) is 6.07 Å². The van der Waals surface area contributed by atoms with Crippen molar-refractivity contribution in [3.05, 3.63) is 40.4 Å². The normalized spacial score (nSPS) is 11.1. The highest BCUT2D eigenvalue weighted by Crippen LogP contribution is 2.40. The monoisotopic (exact) mass is 511 g/mol. The second-order valence-corrected chi connectivity index (χ2v) is 8.90. The van der Waals surface area contributed by atoms with E-state index in [4.69, 9.17) is 42.4 Å². The number of fused-ring (bicyclic) bond motifs is 1. The third kappa shape index (κ3) is 6.00. The van der Waals surface area contributed by atoms with Gasteiger partial charge in [-0.3, -0.25) is 9.69 Å². The number of rotatable bonds is 11. The van der Waals surface area contributed by atoms with Crippen molar-refractivity contribution < 1.29 is 19.0 Å². The number of amides is 1. The molecule has 1 amide bonds. The second-order valence-electron chi connectivity index (χ2n) is 7.08. The van der Waals surface area contributed by atoms with Crippen LogP contribution in [-0.2, 0) is 4.79 Å². The molecule has 0 bridgehead atoms. The molecule has 10 heteroatoms. The zero-order valence-corrected chi connectivity index (χ0v) is 21.4. The minimum Gasteiger partial charge on any atom is -0.495 e. The van der Waals surface area contributed by atoms with Gasteiger partial charge in [-0.05, 0) is 43.4 Å². The Hall–Kier alpha value is -2.26. The fraction of sp³-hybridized carbons (Fsp3) is 0.391. The van der Waals surface area contributed by atoms with Crippen molar-refractivity contribution in [3.8, 4) is 17.2 Å². The molecular formula is C23H27Cl2N3O4S. The molecule has 3 aromatic rings. The number of likely N-dealkylation sites (N-methyl/N-ethyl adjacent to an activating group) is 1. The third-order valence-electron chi connectivity index (χ3n) is 5.21. The Morgan fingerprint density at radius 2 is 1.67 bits per heavy atom. The molecule has 0 spiro atoms. The highest BCUT2D eigenvalue weighted by atomic mass is 35.5. The molecular weight excluding hydrogens is 485 g/mol. The van der Waals surface area contributed by atoms with Crippen LogP contribution in [0.25, 0.3) is 10.2 Å². The van der Waals surface area contributed by atoms with Gasteiger partial charge in [0.15, 0.2) is 11.7 Å². The van der Waals surface area contributed by atoms with Gasteiger partial charge in [-0.2, -0.15) is 0 Å². The molecule has 33 heavy (non-hydrogen) atoms. The quantitative estimate of drug-likeness (QED) is 0.344. The first-order chi connectivity index (χ1) is 15.9. The summed E-state index contributed by atoms with van der Waals surface area (Å²) in [5.41, 5.74) is 0.652. The third-order valence-corrected chi connectivity index (χ3v) is 6.83. The lowest BCUT2D eigenvalue weighted by Gasteiger charge is -2.24. The lowest BCUT2D eigenvalue weighted by atomic mass is 10.3. The number of aromatic nitrogens is 1. The van der Waals surface area contributed by atoms with Gasteiger partial charge >= 0.3 is 0 Å². The van der Waals surface area contributed by atoms with Crippen LogP contribution in [-0.4, -0.2) is 62.8 Å². The number of carbonyl (C=O) groups excluding carboxylic acids is 1. The Kier molecular flexibility index (Phi) is 9.02. The maximum absolute atomic E-state index is 13.3. The van der Waals surface area contributed by atoms with Crippen molar-refractivity contribution in [1.82, 2.24) is 9.88 Å². The highest BCUT2D eigenvalue weighted by molar-refractivity contribution is 7.22. The number of methoxy groups -OCH3 is 2. The van der Waals surface area contributed by atoms with Crippen molar-refractivity contribution in [2.75, 3.05) is 51.9 Å². The van der Waals surface area contributed by atoms with Gasteiger partial charge in [0.2, 0.25) is 0 Å². The van der Waals surface area contributed by atoms with Gasteiger partial charge in [0.05, 0.1) is 19.2 Å². The molecule has 178 valence electrons. The van der Waals surface area contributed by atoms with Gasteiger partial charge in [-0.25, -0.2) is 4.98 Å². The van der Waals surface area contributed by atoms with Gasteiger partial charge < -0.3 is 19.1 Å². The maximum Gasteiger partial charge on any atom is 0.266 e. The van der Waals surface area contributed by atoms with E-state index in [0.717, 1.165) is 17.8 Å². The Morgan fingerprint density at radius 3 is 2.30 bits per heavy atom. The number of halogens is 2. The van der Waals surface area contributed by atoms with Gasteiger partial charge in [0, 0.05) is 18.1 Å². The van der Waals surface area contributed by atoms with Gasteiger partial charge in [0.1, 0.15) is 27.5 Å². The standard InChI is InChI=1S/C23H27Cl2N3O4S/c1-5-27(6-2)11-12-28(20(29)14-32-17-8-7-15(24)13-16(17)25)23-26-21-18(30-3)9-10-19(31-4)22(21)33-23/h7-10,13H,5-6,11-12,14H2,1-4H3. The van der Waals surface area contributed by atoms with Crippen LogP contribution in [0.3, 0.4) is 0 Å². The number of hydrogen-bond donors (Lipinski definition) is 0. The smallest absolute Gasteiger partial charge is 0.266 e. The van der Waals surface area contributed by atoms with Crippen molar-refractivity contribution in [2.45, 2.75) is 13.8 Å². The van der Waals surface area contributed by atoms with E-state index in [1.165, 1.54) is 11.3 Å². The minimum atomic E-state index is -0.231. The molecule has 1 aromatic heterocycles. The summed E-state index contributed by atoms with van der Waals surface area (Å²) in [7, 11) is 3.20. The zero-order valence-electron chi connectivity index (χ0n) is 19.1. The lowest BCUT2D eigenvalue weighted by Crippen LogP contribution is -2.41. The van der Waals surface area contributed by atoms with Crippen LogP contribution in [0.5, 0.6) is 17.2 Å². The molecule has 0 aliphatic rings. The van der Waals surface area contributed by atoms with Crippen molar-refractivity contribution in [3.63, 3.8) is 0 Å². The van der Waals surface area contributed by atoms with E-state index >= 15 is 0 Å². The first-order valence-electron chi connectivity index (χ1n) is 10.5. The molecule has 3 rings (SSSR count). The Morgan fingerprint density at radius 1 is 1.00 bits per heavy atom. The molecule has 7 nitrogen and oxygen atoms in total. The number of benzene rings is 2. The summed E-state index contributed by atoms with van der Waals surface area (Å²) >= 11 is 13.5. The van der Waals surface area contributed by atoms with Crippen molar-refractivity contribution in [1.29, 1.82) is 0 Å². The van der Waals surface area contributed by atoms with E-state index in [-0.39, 0.29) is 12.5 Å². The van der Waals surface area contributed by atoms with Crippen LogP contribution in [0.1, 0.15) is 13.8 Å². The summed E-state index contributed by atoms with van der Waals surface area (Å²) in [6, 6.07) is 8.52. The van der Waals surface area contributed by atoms with Crippen LogP contribution < -0.4 is 19.1 Å². The Balaban J connectivity index is 1.91. The average molecular weight is 512 g/mol. The van der Waals surface area contributed by atoms with E-state index < -0.39 is 0 Å². The molecule has 0 radical (unpaired) electrons. The van der Waals surface area contributed by atoms with E-state index in [9.17, 15) is 4.79 Å². The molecule has 0 saturated heterocycles. The summed E-state index contributed by atoms with van der Waals surface area (Å²) in [6.45, 7) is 6.92. The van der Waals surface area contributed by atoms with Crippen molar-refractivity contribution in [2.24, 2.45) is 0 Å². The summed E-state index contributed by atoms with van der Waals surface area (Å²) in [6.07, 6.45) is 0. The van der Waals surface area contributed by atoms with Crippen LogP contribution in [0, 0.1) is 0 Å². The Labute approximate surface area is 207 Å². The number of nitrogens with zero attached hydrogens (tertiary/aromatic N) is 3. The average Bonchev–Trinajstić information content (AvgIpc) is 3.25. The Bertz CT molecular complexity index is 1060. The molecule has 0 aliphatic carbocycles. The second kappa shape index (κ2) is 11.7. The lowest BCUT2D eigenvalue weighted by molar-refractivity contribution is -0.120. The van der Waals surface area contributed by atoms with E-state index in [2.05, 4.69) is 18.7 Å². The largest absolute Gasteiger partial charge is 0.495 e. The molecule has 0 unspecified atom stereocenters. The number of anilines is 1. The van der Waals surface area contributed by atoms with Crippen molar-refractivity contribution >= 4 is 55.8 Å². The predicted octanol–water partition coefficient (Wildman–Crippen LogP) is 5.37. The molecule has 0 fully saturated rings. The summed E-state index contributed by atoms with van der Waals surface area (Å²) in [4.78, 5) is 21.9. The fourth-order valence-electron chi connectivity index (χ4n) is 3.31. The number of hydrogen-bond acceptors (Lipinski definition) is 7. The van der Waals surface area contributed by atoms with Gasteiger partial charge in [-0.1, -0.05) is 48.4 Å². The molecule has 0 N–H and O–H groups in total. The highest BCUT2D eigenvalue weighted by Gasteiger charge is 2.23. The first kappa shape index (κ1) is 25.4. The van der Waals surface area contributed by atoms with E-state index in [1.54, 1.807) is 43.4 Å². The summed E-state index contributed by atoms with van der Waals surface area (Å²) in [5, 5.41) is 1.40. The molecule has 0 atom stereocenters. The van der Waals surface area contributed by atoms with Crippen LogP contribution in [0.4, 0.5) is 5.13 Å². The topological polar surface area (TPSA) is 64.1 Å². The molecule has 0 aliphatic heterocycles. The fourth-order valence-corrected chi connectivity index (χ4v) is 4.89. The minimum absolute atomic E-state index is 0.191. The SMILES string of the molecule is CCN(CC)CCN(C(=O)COc1ccc(Cl)cc1Cl)c1nc2c(OC)ccc(OC)c2s1. The number of thiazole rings is 1. The summed E-state index contributed by atoms with van der Waals surface area (Å²) in [5.74, 6) is 1.46. The summed E-state index contributed by atoms with van der Waals surface area (Å²) < 4.78 is 17.5. The predicted molar refractivity (Wildman–Crippen MR) is 135 cm³/mol.